The summed E-state index contributed by atoms with van der Waals surface area (Å²) in [4.78, 5) is 184. The number of aliphatic hydroxyl groups excluding tert-OH is 1. The first kappa shape index (κ1) is 79.4. The average Bonchev–Trinajstić information content (AvgIpc) is 0.884. The lowest BCUT2D eigenvalue weighted by atomic mass is 9.91. The van der Waals surface area contributed by atoms with Crippen LogP contribution in [0.25, 0.3) is 0 Å². The number of amides is 12. The molecular weight excluding hydrogens is 1160 g/mol. The molecule has 3 rings (SSSR count). The van der Waals surface area contributed by atoms with Gasteiger partial charge in [0.05, 0.1) is 19.3 Å². The summed E-state index contributed by atoms with van der Waals surface area (Å²) >= 11 is 0. The molecule has 3 aliphatic heterocycles. The number of hydrogen-bond donors (Lipinski definition) is 6. The molecule has 0 aromatic heterocycles. The van der Waals surface area contributed by atoms with Crippen molar-refractivity contribution < 1.29 is 67.4 Å². The van der Waals surface area contributed by atoms with Crippen LogP contribution in [0.3, 0.4) is 0 Å². The molecule has 90 heavy (non-hydrogen) atoms. The van der Waals surface area contributed by atoms with Gasteiger partial charge in [-0.15, -0.1) is 0 Å². The molecule has 512 valence electrons. The summed E-state index contributed by atoms with van der Waals surface area (Å²) in [7, 11) is 9.69. The molecular formula is C64H112N12O14. The molecule has 0 aliphatic carbocycles. The molecule has 0 aromatic carbocycles. The Kier molecular flexibility index (Phi) is 32.1. The van der Waals surface area contributed by atoms with Gasteiger partial charge in [-0.3, -0.25) is 57.5 Å². The largest absolute Gasteiger partial charge is 0.390 e. The summed E-state index contributed by atoms with van der Waals surface area (Å²) in [6, 6.07) is -13.4. The third kappa shape index (κ3) is 22.3. The normalized spacial score (nSPS) is 28.7. The highest BCUT2D eigenvalue weighted by Gasteiger charge is 2.46. The quantitative estimate of drug-likeness (QED) is 0.126. The number of rotatable bonds is 11. The Morgan fingerprint density at radius 2 is 0.989 bits per heavy atom. The Morgan fingerprint density at radius 3 is 1.49 bits per heavy atom. The monoisotopic (exact) mass is 1270 g/mol. The summed E-state index contributed by atoms with van der Waals surface area (Å²) in [5, 5.41) is 25.9. The molecule has 12 amide bonds. The maximum absolute atomic E-state index is 15.3. The van der Waals surface area contributed by atoms with Gasteiger partial charge in [0.2, 0.25) is 70.9 Å². The van der Waals surface area contributed by atoms with Crippen LogP contribution in [0.15, 0.2) is 12.2 Å². The van der Waals surface area contributed by atoms with E-state index in [9.17, 15) is 43.5 Å². The Bertz CT molecular complexity index is 2520. The minimum atomic E-state index is -1.70. The zero-order valence-electron chi connectivity index (χ0n) is 58.0. The van der Waals surface area contributed by atoms with E-state index in [2.05, 4.69) is 26.6 Å². The molecule has 0 aromatic rings. The van der Waals surface area contributed by atoms with Crippen molar-refractivity contribution in [3.05, 3.63) is 12.2 Å². The number of fused-ring (bicyclic) bond motifs is 38. The molecule has 0 unspecified atom stereocenters. The number of nitrogens with zero attached hydrogens (tertiary/aromatic N) is 7. The molecule has 2 bridgehead atoms. The van der Waals surface area contributed by atoms with E-state index < -0.39 is 175 Å². The number of carbonyl (C=O) groups is 12. The predicted octanol–water partition coefficient (Wildman–Crippen LogP) is 1.38. The van der Waals surface area contributed by atoms with Crippen LogP contribution in [0, 0.1) is 41.4 Å². The molecule has 6 N–H and O–H groups in total. The molecule has 1 saturated heterocycles. The van der Waals surface area contributed by atoms with Gasteiger partial charge in [0, 0.05) is 55.9 Å². The zero-order valence-corrected chi connectivity index (χ0v) is 58.0. The van der Waals surface area contributed by atoms with Crippen LogP contribution in [0.4, 0.5) is 0 Å². The predicted molar refractivity (Wildman–Crippen MR) is 341 cm³/mol. The van der Waals surface area contributed by atoms with Crippen molar-refractivity contribution in [3.63, 3.8) is 0 Å². The van der Waals surface area contributed by atoms with Gasteiger partial charge in [0.1, 0.15) is 67.0 Å². The van der Waals surface area contributed by atoms with Crippen LogP contribution < -0.4 is 26.6 Å². The minimum absolute atomic E-state index is 0.0163. The molecule has 12 atom stereocenters. The van der Waals surface area contributed by atoms with Crippen molar-refractivity contribution >= 4 is 70.9 Å². The maximum atomic E-state index is 15.3. The van der Waals surface area contributed by atoms with E-state index in [1.165, 1.54) is 75.9 Å². The van der Waals surface area contributed by atoms with Crippen LogP contribution >= 0.6 is 0 Å². The average molecular weight is 1270 g/mol. The van der Waals surface area contributed by atoms with Crippen molar-refractivity contribution in [2.24, 2.45) is 41.4 Å². The number of aliphatic hydroxyl groups is 1. The van der Waals surface area contributed by atoms with Crippen molar-refractivity contribution in [1.29, 1.82) is 0 Å². The lowest BCUT2D eigenvalue weighted by Gasteiger charge is -2.41. The molecule has 26 nitrogen and oxygen atoms in total. The summed E-state index contributed by atoms with van der Waals surface area (Å²) in [6.45, 7) is 24.4. The first-order valence-electron chi connectivity index (χ1n) is 32.0. The maximum Gasteiger partial charge on any atom is 0.247 e. The smallest absolute Gasteiger partial charge is 0.247 e. The van der Waals surface area contributed by atoms with Crippen LogP contribution in [0.5, 0.6) is 0 Å². The van der Waals surface area contributed by atoms with Gasteiger partial charge in [-0.1, -0.05) is 109 Å². The number of carbonyl (C=O) groups excluding carboxylic acids is 12. The second-order valence-electron chi connectivity index (χ2n) is 27.1. The lowest BCUT2D eigenvalue weighted by Crippen LogP contribution is -2.63. The summed E-state index contributed by atoms with van der Waals surface area (Å²) < 4.78 is 5.82. The summed E-state index contributed by atoms with van der Waals surface area (Å²) in [5.41, 5.74) is 0. The van der Waals surface area contributed by atoms with E-state index >= 15 is 19.2 Å². The Labute approximate surface area is 535 Å². The lowest BCUT2D eigenvalue weighted by molar-refractivity contribution is -0.157. The summed E-state index contributed by atoms with van der Waals surface area (Å²) in [5.74, 6) is -11.5. The summed E-state index contributed by atoms with van der Waals surface area (Å²) in [6.07, 6.45) is 2.11. The number of nitrogens with one attached hydrogen (secondary N) is 5. The molecule has 0 radical (unpaired) electrons. The Morgan fingerprint density at radius 1 is 0.511 bits per heavy atom. The standard InChI is InChI=1S/C64H112N12O14/c1-23-43-59(84)70(16)32-50(78)71(17)45(28-35(2)3)57(82)69-51(39(10)11)63(88)72(18)46(29-36(4)5)56(81)66-42(15)55(80)68-44-33-90-34-49(77)65-27-25-24-26-41(14)54(79)53(58(83)67-43)76(22)64(89)52(40(12)13)75(21)62(87)48(31-38(8)9)74(20)61(86)47(30-37(6)7)73(19)60(44)85/h24-25,35-48,51-54,79H,23,26-34H2,1-22H3,(H,65,77)(H,66,81)(H,67,83)(H,68,80)(H,69,82)/b25-24+/t41-,42+,43+,44-,45+,46+,47+,48+,51+,52+,53+,54-/m1/s1. The number of likely N-dealkylation sites (N-methyl/N-ethyl adjacent to an activating group) is 7. The van der Waals surface area contributed by atoms with Gasteiger partial charge in [-0.2, -0.15) is 0 Å². The van der Waals surface area contributed by atoms with Gasteiger partial charge in [0.25, 0.3) is 0 Å². The van der Waals surface area contributed by atoms with Gasteiger partial charge >= 0.3 is 0 Å². The minimum Gasteiger partial charge on any atom is -0.390 e. The van der Waals surface area contributed by atoms with E-state index in [0.717, 1.165) is 14.7 Å². The first-order chi connectivity index (χ1) is 41.7. The molecule has 1 fully saturated rings. The van der Waals surface area contributed by atoms with Gasteiger partial charge < -0.3 is 70.7 Å². The Balaban J connectivity index is 3.18. The van der Waals surface area contributed by atoms with E-state index in [4.69, 9.17) is 4.74 Å². The molecule has 26 heteroatoms. The number of ether oxygens (including phenoxy) is 1. The number of hydrogen-bond acceptors (Lipinski definition) is 14. The third-order valence-electron chi connectivity index (χ3n) is 16.8. The van der Waals surface area contributed by atoms with Gasteiger partial charge in [-0.25, -0.2) is 0 Å². The molecule has 3 aliphatic rings. The second kappa shape index (κ2) is 36.4. The second-order valence-corrected chi connectivity index (χ2v) is 27.1. The molecule has 0 spiro atoms. The van der Waals surface area contributed by atoms with Crippen molar-refractivity contribution in [2.75, 3.05) is 75.6 Å². The SMILES string of the molecule is CC[C@@H]1NC(=O)[C@@H]2[C@H](O)[C@H](C)C/C=C/CNC(=O)COC[C@@H](NC(=O)[C@H](C)NC(=O)[C@H](CC(C)C)N(C)C(=O)[C@H](C(C)C)NC(=O)[C@H](CC(C)C)N(C)C(=O)CN(C)C1=O)C(=O)N(C)[C@@H](CC(C)C)C(=O)N(C)[C@@H](CC(C)C)C(=O)N(C)[C@@H](C(C)C)C(=O)N2C. The fourth-order valence-corrected chi connectivity index (χ4v) is 11.2. The molecule has 0 saturated carbocycles. The highest BCUT2D eigenvalue weighted by Crippen LogP contribution is 2.26. The van der Waals surface area contributed by atoms with E-state index in [1.807, 2.05) is 55.4 Å². The van der Waals surface area contributed by atoms with Crippen LogP contribution in [0.1, 0.15) is 142 Å². The Hall–Kier alpha value is -6.70. The van der Waals surface area contributed by atoms with Crippen molar-refractivity contribution in [1.82, 2.24) is 60.9 Å². The topological polar surface area (TPSA) is 317 Å². The fourth-order valence-electron chi connectivity index (χ4n) is 11.2. The van der Waals surface area contributed by atoms with Gasteiger partial charge in [0.15, 0.2) is 0 Å². The van der Waals surface area contributed by atoms with Crippen molar-refractivity contribution in [2.45, 2.75) is 209 Å². The first-order valence-corrected chi connectivity index (χ1v) is 32.0. The van der Waals surface area contributed by atoms with Gasteiger partial charge in [-0.05, 0) is 86.9 Å². The van der Waals surface area contributed by atoms with Crippen LogP contribution in [-0.2, 0) is 62.3 Å². The van der Waals surface area contributed by atoms with E-state index in [1.54, 1.807) is 53.7 Å². The highest BCUT2D eigenvalue weighted by atomic mass is 16.5. The number of allylic oxidation sites excluding steroid dienone is 1. The van der Waals surface area contributed by atoms with Crippen molar-refractivity contribution in [3.8, 4) is 0 Å². The van der Waals surface area contributed by atoms with Crippen LogP contribution in [-0.4, -0.2) is 252 Å². The van der Waals surface area contributed by atoms with Crippen LogP contribution in [0.2, 0.25) is 0 Å². The van der Waals surface area contributed by atoms with E-state index in [-0.39, 0.29) is 68.7 Å². The fraction of sp³-hybridized carbons (Fsp3) is 0.781. The highest BCUT2D eigenvalue weighted by molar-refractivity contribution is 5.99. The third-order valence-corrected chi connectivity index (χ3v) is 16.8. The zero-order chi connectivity index (χ0) is 69.1. The molecule has 3 heterocycles. The van der Waals surface area contributed by atoms with E-state index in [0.29, 0.717) is 0 Å².